The first-order chi connectivity index (χ1) is 13.0. The van der Waals surface area contributed by atoms with E-state index in [1.54, 1.807) is 4.90 Å². The molecule has 0 aliphatic heterocycles. The summed E-state index contributed by atoms with van der Waals surface area (Å²) in [5.41, 5.74) is 3.19. The third-order valence-electron chi connectivity index (χ3n) is 4.27. The van der Waals surface area contributed by atoms with Crippen molar-refractivity contribution >= 4 is 21.8 Å². The van der Waals surface area contributed by atoms with Gasteiger partial charge in [-0.1, -0.05) is 46.3 Å². The summed E-state index contributed by atoms with van der Waals surface area (Å²) in [5, 5.41) is 4.39. The van der Waals surface area contributed by atoms with E-state index < -0.39 is 0 Å². The molecule has 0 atom stereocenters. The first-order valence-corrected chi connectivity index (χ1v) is 9.56. The Morgan fingerprint density at radius 1 is 1.00 bits per heavy atom. The van der Waals surface area contributed by atoms with Crippen LogP contribution in [-0.2, 0) is 17.9 Å². The zero-order chi connectivity index (χ0) is 19.2. The van der Waals surface area contributed by atoms with Crippen molar-refractivity contribution in [3.63, 3.8) is 0 Å². The Balaban J connectivity index is 1.53. The summed E-state index contributed by atoms with van der Waals surface area (Å²) >= 11 is 3.44. The van der Waals surface area contributed by atoms with Gasteiger partial charge in [-0.05, 0) is 36.9 Å². The number of aromatic nitrogens is 2. The van der Waals surface area contributed by atoms with Gasteiger partial charge in [0, 0.05) is 36.4 Å². The van der Waals surface area contributed by atoms with E-state index in [1.165, 1.54) is 5.56 Å². The molecule has 0 N–H and O–H groups in total. The van der Waals surface area contributed by atoms with Crippen LogP contribution in [0.4, 0.5) is 0 Å². The highest BCUT2D eigenvalue weighted by Gasteiger charge is 2.13. The summed E-state index contributed by atoms with van der Waals surface area (Å²) in [6.07, 6.45) is 3.77. The molecule has 0 radical (unpaired) electrons. The van der Waals surface area contributed by atoms with Crippen LogP contribution in [-0.4, -0.2) is 46.1 Å². The van der Waals surface area contributed by atoms with Crippen molar-refractivity contribution in [1.82, 2.24) is 19.6 Å². The molecule has 0 bridgehead atoms. The molecule has 3 aromatic rings. The molecule has 140 valence electrons. The van der Waals surface area contributed by atoms with Gasteiger partial charge in [0.1, 0.15) is 0 Å². The second-order valence-corrected chi connectivity index (χ2v) is 7.59. The maximum atomic E-state index is 12.5. The normalized spacial score (nSPS) is 11.0. The standard InChI is InChI=1S/C21H23BrN4O/c1-24(13-17-8-10-19(22)11-9-17)16-21(27)25(2)14-18-12-23-26(15-18)20-6-4-3-5-7-20/h3-12,15H,13-14,16H2,1-2H3. The predicted octanol–water partition coefficient (Wildman–Crippen LogP) is 3.73. The van der Waals surface area contributed by atoms with Gasteiger partial charge in [0.25, 0.3) is 0 Å². The van der Waals surface area contributed by atoms with Crippen molar-refractivity contribution < 1.29 is 4.79 Å². The molecule has 2 aromatic carbocycles. The van der Waals surface area contributed by atoms with E-state index in [2.05, 4.69) is 33.2 Å². The molecule has 3 rings (SSSR count). The molecule has 0 aliphatic rings. The zero-order valence-electron chi connectivity index (χ0n) is 15.5. The Hall–Kier alpha value is -2.44. The molecule has 1 heterocycles. The lowest BCUT2D eigenvalue weighted by molar-refractivity contribution is -0.131. The van der Waals surface area contributed by atoms with Gasteiger partial charge < -0.3 is 4.90 Å². The van der Waals surface area contributed by atoms with Gasteiger partial charge in [0.15, 0.2) is 0 Å². The number of carbonyl (C=O) groups excluding carboxylic acids is 1. The molecule has 1 amide bonds. The summed E-state index contributed by atoms with van der Waals surface area (Å²) in [6, 6.07) is 18.1. The average Bonchev–Trinajstić information content (AvgIpc) is 3.12. The fourth-order valence-corrected chi connectivity index (χ4v) is 3.10. The SMILES string of the molecule is CN(CC(=O)N(C)Cc1cnn(-c2ccccc2)c1)Cc1ccc(Br)cc1. The fourth-order valence-electron chi connectivity index (χ4n) is 2.83. The van der Waals surface area contributed by atoms with Gasteiger partial charge in [-0.2, -0.15) is 5.10 Å². The maximum Gasteiger partial charge on any atom is 0.236 e. The van der Waals surface area contributed by atoms with Crippen LogP contribution in [0.15, 0.2) is 71.5 Å². The number of hydrogen-bond acceptors (Lipinski definition) is 3. The first kappa shape index (κ1) is 19.3. The molecule has 0 unspecified atom stereocenters. The number of likely N-dealkylation sites (N-methyl/N-ethyl adjacent to an activating group) is 2. The van der Waals surface area contributed by atoms with Gasteiger partial charge in [-0.15, -0.1) is 0 Å². The van der Waals surface area contributed by atoms with Crippen molar-refractivity contribution in [1.29, 1.82) is 0 Å². The third-order valence-corrected chi connectivity index (χ3v) is 4.80. The highest BCUT2D eigenvalue weighted by atomic mass is 79.9. The topological polar surface area (TPSA) is 41.4 Å². The summed E-state index contributed by atoms with van der Waals surface area (Å²) in [6.45, 7) is 1.65. The van der Waals surface area contributed by atoms with Crippen LogP contribution in [0.1, 0.15) is 11.1 Å². The summed E-state index contributed by atoms with van der Waals surface area (Å²) in [5.74, 6) is 0.0853. The Bertz CT molecular complexity index is 877. The van der Waals surface area contributed by atoms with Crippen LogP contribution >= 0.6 is 15.9 Å². The molecular formula is C21H23BrN4O. The van der Waals surface area contributed by atoms with E-state index in [0.29, 0.717) is 13.1 Å². The Labute approximate surface area is 168 Å². The maximum absolute atomic E-state index is 12.5. The predicted molar refractivity (Wildman–Crippen MR) is 111 cm³/mol. The zero-order valence-corrected chi connectivity index (χ0v) is 17.1. The lowest BCUT2D eigenvalue weighted by Gasteiger charge is -2.21. The largest absolute Gasteiger partial charge is 0.340 e. The molecule has 0 aliphatic carbocycles. The molecule has 1 aromatic heterocycles. The van der Waals surface area contributed by atoms with E-state index in [4.69, 9.17) is 0 Å². The minimum Gasteiger partial charge on any atom is -0.340 e. The van der Waals surface area contributed by atoms with Gasteiger partial charge in [-0.3, -0.25) is 9.69 Å². The van der Waals surface area contributed by atoms with E-state index in [9.17, 15) is 4.79 Å². The second-order valence-electron chi connectivity index (χ2n) is 6.68. The number of hydrogen-bond donors (Lipinski definition) is 0. The Morgan fingerprint density at radius 2 is 1.70 bits per heavy atom. The smallest absolute Gasteiger partial charge is 0.236 e. The monoisotopic (exact) mass is 426 g/mol. The number of halogens is 1. The van der Waals surface area contributed by atoms with Crippen molar-refractivity contribution in [2.75, 3.05) is 20.6 Å². The van der Waals surface area contributed by atoms with Crippen molar-refractivity contribution in [2.24, 2.45) is 0 Å². The Morgan fingerprint density at radius 3 is 2.41 bits per heavy atom. The molecule has 0 fully saturated rings. The second kappa shape index (κ2) is 8.97. The summed E-state index contributed by atoms with van der Waals surface area (Å²) < 4.78 is 2.88. The first-order valence-electron chi connectivity index (χ1n) is 8.77. The van der Waals surface area contributed by atoms with Gasteiger partial charge in [0.05, 0.1) is 18.4 Å². The van der Waals surface area contributed by atoms with Crippen molar-refractivity contribution in [2.45, 2.75) is 13.1 Å². The van der Waals surface area contributed by atoms with Crippen LogP contribution in [0.3, 0.4) is 0 Å². The Kier molecular flexibility index (Phi) is 6.42. The number of amides is 1. The number of nitrogens with zero attached hydrogens (tertiary/aromatic N) is 4. The molecule has 6 heteroatoms. The van der Waals surface area contributed by atoms with Crippen LogP contribution in [0.25, 0.3) is 5.69 Å². The van der Waals surface area contributed by atoms with E-state index in [-0.39, 0.29) is 5.91 Å². The minimum absolute atomic E-state index is 0.0853. The number of rotatable bonds is 7. The van der Waals surface area contributed by atoms with Crippen LogP contribution in [0, 0.1) is 0 Å². The number of para-hydroxylation sites is 1. The van der Waals surface area contributed by atoms with E-state index in [1.807, 2.05) is 78.5 Å². The van der Waals surface area contributed by atoms with Gasteiger partial charge >= 0.3 is 0 Å². The van der Waals surface area contributed by atoms with E-state index >= 15 is 0 Å². The third kappa shape index (κ3) is 5.52. The number of benzene rings is 2. The summed E-state index contributed by atoms with van der Waals surface area (Å²) in [4.78, 5) is 16.3. The minimum atomic E-state index is 0.0853. The van der Waals surface area contributed by atoms with Crippen molar-refractivity contribution in [3.05, 3.63) is 82.6 Å². The molecular weight excluding hydrogens is 404 g/mol. The number of carbonyl (C=O) groups is 1. The van der Waals surface area contributed by atoms with Crippen LogP contribution in [0.2, 0.25) is 0 Å². The highest BCUT2D eigenvalue weighted by molar-refractivity contribution is 9.10. The van der Waals surface area contributed by atoms with E-state index in [0.717, 1.165) is 22.3 Å². The lowest BCUT2D eigenvalue weighted by atomic mass is 10.2. The summed E-state index contributed by atoms with van der Waals surface area (Å²) in [7, 11) is 3.79. The van der Waals surface area contributed by atoms with Crippen LogP contribution < -0.4 is 0 Å². The van der Waals surface area contributed by atoms with Crippen LogP contribution in [0.5, 0.6) is 0 Å². The average molecular weight is 427 g/mol. The van der Waals surface area contributed by atoms with Gasteiger partial charge in [0.2, 0.25) is 5.91 Å². The molecule has 0 spiro atoms. The molecule has 27 heavy (non-hydrogen) atoms. The quantitative estimate of drug-likeness (QED) is 0.577. The van der Waals surface area contributed by atoms with Gasteiger partial charge in [-0.25, -0.2) is 4.68 Å². The molecule has 0 saturated heterocycles. The lowest BCUT2D eigenvalue weighted by Crippen LogP contribution is -2.35. The van der Waals surface area contributed by atoms with Crippen molar-refractivity contribution in [3.8, 4) is 5.69 Å². The fraction of sp³-hybridized carbons (Fsp3) is 0.238. The molecule has 0 saturated carbocycles. The highest BCUT2D eigenvalue weighted by Crippen LogP contribution is 2.12. The molecule has 5 nitrogen and oxygen atoms in total.